The summed E-state index contributed by atoms with van der Waals surface area (Å²) in [4.78, 5) is 21.8. The molecule has 33 heavy (non-hydrogen) atoms. The molecule has 0 atom stereocenters. The van der Waals surface area contributed by atoms with Gasteiger partial charge in [0.05, 0.1) is 11.9 Å². The Morgan fingerprint density at radius 3 is 2.30 bits per heavy atom. The van der Waals surface area contributed by atoms with Gasteiger partial charge in [-0.3, -0.25) is 4.79 Å². The highest BCUT2D eigenvalue weighted by Gasteiger charge is 2.11. The number of hydrogen-bond donors (Lipinski definition) is 2. The Hall–Kier alpha value is -4.25. The topological polar surface area (TPSA) is 75.1 Å². The average Bonchev–Trinajstić information content (AvgIpc) is 2.85. The van der Waals surface area contributed by atoms with Crippen LogP contribution in [-0.4, -0.2) is 21.0 Å². The molecule has 0 aliphatic carbocycles. The van der Waals surface area contributed by atoms with Crippen molar-refractivity contribution < 1.29 is 9.90 Å². The maximum Gasteiger partial charge on any atom is 0.225 e. The van der Waals surface area contributed by atoms with Gasteiger partial charge in [0.1, 0.15) is 11.4 Å². The standard InChI is InChI=1S/C28H25N3O2/c32-24-17-15-23(16-18-24)26-20-29-28(25(30-26)19-14-22-10-5-2-6-11-22)31-27(33)13-7-12-21-8-3-1-4-9-21/h1-6,8-11,14-20,32H,7,12-13H2,(H,29,31,33)/b19-14+. The first-order chi connectivity index (χ1) is 16.2. The average molecular weight is 436 g/mol. The third-order valence-electron chi connectivity index (χ3n) is 5.17. The van der Waals surface area contributed by atoms with Gasteiger partial charge in [-0.05, 0) is 54.3 Å². The Bertz CT molecular complexity index is 1220. The van der Waals surface area contributed by atoms with Crippen LogP contribution < -0.4 is 5.32 Å². The Morgan fingerprint density at radius 1 is 0.879 bits per heavy atom. The smallest absolute Gasteiger partial charge is 0.225 e. The van der Waals surface area contributed by atoms with Crippen molar-refractivity contribution in [2.24, 2.45) is 0 Å². The van der Waals surface area contributed by atoms with Crippen molar-refractivity contribution in [3.63, 3.8) is 0 Å². The number of rotatable bonds is 8. The molecule has 1 heterocycles. The molecule has 0 aliphatic heterocycles. The van der Waals surface area contributed by atoms with Gasteiger partial charge in [-0.2, -0.15) is 0 Å². The molecule has 0 saturated carbocycles. The molecule has 4 rings (SSSR count). The fourth-order valence-corrected chi connectivity index (χ4v) is 3.42. The lowest BCUT2D eigenvalue weighted by Crippen LogP contribution is -2.14. The number of phenolic OH excluding ortho intramolecular Hbond substituents is 1. The van der Waals surface area contributed by atoms with E-state index in [1.54, 1.807) is 30.5 Å². The van der Waals surface area contributed by atoms with Gasteiger partial charge >= 0.3 is 0 Å². The Kier molecular flexibility index (Phi) is 7.23. The minimum absolute atomic E-state index is 0.0908. The molecule has 1 aromatic heterocycles. The van der Waals surface area contributed by atoms with Gasteiger partial charge in [-0.1, -0.05) is 66.7 Å². The van der Waals surface area contributed by atoms with E-state index >= 15 is 0 Å². The van der Waals surface area contributed by atoms with Crippen molar-refractivity contribution in [3.05, 3.63) is 108 Å². The van der Waals surface area contributed by atoms with Crippen molar-refractivity contribution >= 4 is 23.9 Å². The molecule has 164 valence electrons. The van der Waals surface area contributed by atoms with Crippen LogP contribution in [0.5, 0.6) is 5.75 Å². The van der Waals surface area contributed by atoms with Crippen LogP contribution in [0.3, 0.4) is 0 Å². The number of carbonyl (C=O) groups is 1. The zero-order chi connectivity index (χ0) is 22.9. The van der Waals surface area contributed by atoms with Gasteiger partial charge in [0.2, 0.25) is 5.91 Å². The fraction of sp³-hybridized carbons (Fsp3) is 0.107. The number of carbonyl (C=O) groups excluding carboxylic acids is 1. The number of amides is 1. The van der Waals surface area contributed by atoms with Gasteiger partial charge in [-0.15, -0.1) is 0 Å². The number of aromatic nitrogens is 2. The number of nitrogens with zero attached hydrogens (tertiary/aromatic N) is 2. The lowest BCUT2D eigenvalue weighted by Gasteiger charge is -2.10. The molecule has 3 aromatic carbocycles. The zero-order valence-electron chi connectivity index (χ0n) is 18.2. The number of aromatic hydroxyl groups is 1. The lowest BCUT2D eigenvalue weighted by atomic mass is 10.1. The molecule has 0 aliphatic rings. The lowest BCUT2D eigenvalue weighted by molar-refractivity contribution is -0.116. The van der Waals surface area contributed by atoms with E-state index in [1.165, 1.54) is 5.56 Å². The molecule has 0 saturated heterocycles. The monoisotopic (exact) mass is 435 g/mol. The number of benzene rings is 3. The maximum atomic E-state index is 12.6. The number of hydrogen-bond acceptors (Lipinski definition) is 4. The molecule has 0 radical (unpaired) electrons. The van der Waals surface area contributed by atoms with Crippen LogP contribution in [0.25, 0.3) is 23.4 Å². The van der Waals surface area contributed by atoms with E-state index in [1.807, 2.05) is 60.7 Å². The van der Waals surface area contributed by atoms with E-state index in [9.17, 15) is 9.90 Å². The summed E-state index contributed by atoms with van der Waals surface area (Å²) in [7, 11) is 0. The maximum absolute atomic E-state index is 12.6. The van der Waals surface area contributed by atoms with Gasteiger partial charge in [0.25, 0.3) is 0 Å². The van der Waals surface area contributed by atoms with Crippen LogP contribution in [0.1, 0.15) is 29.7 Å². The molecule has 2 N–H and O–H groups in total. The van der Waals surface area contributed by atoms with E-state index in [0.29, 0.717) is 23.6 Å². The van der Waals surface area contributed by atoms with Gasteiger partial charge in [-0.25, -0.2) is 9.97 Å². The SMILES string of the molecule is O=C(CCCc1ccccc1)Nc1ncc(-c2ccc(O)cc2)nc1/C=C/c1ccccc1. The van der Waals surface area contributed by atoms with E-state index in [0.717, 1.165) is 24.0 Å². The van der Waals surface area contributed by atoms with Crippen LogP contribution in [0.4, 0.5) is 5.82 Å². The third kappa shape index (κ3) is 6.37. The zero-order valence-corrected chi connectivity index (χ0v) is 18.2. The minimum Gasteiger partial charge on any atom is -0.508 e. The number of anilines is 1. The number of aryl methyl sites for hydroxylation is 1. The first kappa shape index (κ1) is 22.0. The normalized spacial score (nSPS) is 10.9. The summed E-state index contributed by atoms with van der Waals surface area (Å²) >= 11 is 0. The van der Waals surface area contributed by atoms with Crippen molar-refractivity contribution in [1.82, 2.24) is 9.97 Å². The molecule has 4 aromatic rings. The van der Waals surface area contributed by atoms with Gasteiger partial charge < -0.3 is 10.4 Å². The van der Waals surface area contributed by atoms with E-state index in [-0.39, 0.29) is 11.7 Å². The molecular weight excluding hydrogens is 410 g/mol. The molecule has 0 spiro atoms. The molecular formula is C28H25N3O2. The van der Waals surface area contributed by atoms with Crippen LogP contribution in [0.2, 0.25) is 0 Å². The van der Waals surface area contributed by atoms with Gasteiger partial charge in [0, 0.05) is 12.0 Å². The summed E-state index contributed by atoms with van der Waals surface area (Å²) in [6.07, 6.45) is 7.43. The number of nitrogens with one attached hydrogen (secondary N) is 1. The van der Waals surface area contributed by atoms with Crippen molar-refractivity contribution in [1.29, 1.82) is 0 Å². The molecule has 1 amide bonds. The highest BCUT2D eigenvalue weighted by Crippen LogP contribution is 2.23. The van der Waals surface area contributed by atoms with E-state index < -0.39 is 0 Å². The van der Waals surface area contributed by atoms with Gasteiger partial charge in [0.15, 0.2) is 5.82 Å². The molecule has 5 nitrogen and oxygen atoms in total. The summed E-state index contributed by atoms with van der Waals surface area (Å²) in [5, 5.41) is 12.5. The first-order valence-corrected chi connectivity index (χ1v) is 10.9. The molecule has 0 fully saturated rings. The second-order valence-electron chi connectivity index (χ2n) is 7.67. The number of phenols is 1. The summed E-state index contributed by atoms with van der Waals surface area (Å²) in [5.74, 6) is 0.525. The van der Waals surface area contributed by atoms with Crippen molar-refractivity contribution in [3.8, 4) is 17.0 Å². The second-order valence-corrected chi connectivity index (χ2v) is 7.67. The summed E-state index contributed by atoms with van der Waals surface area (Å²) in [6, 6.07) is 26.8. The summed E-state index contributed by atoms with van der Waals surface area (Å²) < 4.78 is 0. The molecule has 0 bridgehead atoms. The summed E-state index contributed by atoms with van der Waals surface area (Å²) in [6.45, 7) is 0. The first-order valence-electron chi connectivity index (χ1n) is 10.9. The highest BCUT2D eigenvalue weighted by molar-refractivity contribution is 5.92. The Balaban J connectivity index is 1.51. The second kappa shape index (κ2) is 10.9. The van der Waals surface area contributed by atoms with Crippen molar-refractivity contribution in [2.45, 2.75) is 19.3 Å². The van der Waals surface area contributed by atoms with Crippen LogP contribution >= 0.6 is 0 Å². The summed E-state index contributed by atoms with van der Waals surface area (Å²) in [5.41, 5.74) is 4.30. The predicted octanol–water partition coefficient (Wildman–Crippen LogP) is 5.98. The van der Waals surface area contributed by atoms with Crippen LogP contribution in [-0.2, 0) is 11.2 Å². The van der Waals surface area contributed by atoms with E-state index in [4.69, 9.17) is 4.98 Å². The van der Waals surface area contributed by atoms with Crippen molar-refractivity contribution in [2.75, 3.05) is 5.32 Å². The molecule has 0 unspecified atom stereocenters. The molecule has 5 heteroatoms. The highest BCUT2D eigenvalue weighted by atomic mass is 16.3. The largest absolute Gasteiger partial charge is 0.508 e. The Morgan fingerprint density at radius 2 is 1.58 bits per heavy atom. The van der Waals surface area contributed by atoms with Crippen LogP contribution in [0, 0.1) is 0 Å². The Labute approximate surface area is 193 Å². The quantitative estimate of drug-likeness (QED) is 0.357. The third-order valence-corrected chi connectivity index (χ3v) is 5.17. The fourth-order valence-electron chi connectivity index (χ4n) is 3.42. The minimum atomic E-state index is -0.0908. The van der Waals surface area contributed by atoms with Crippen LogP contribution in [0.15, 0.2) is 91.1 Å². The van der Waals surface area contributed by atoms with E-state index in [2.05, 4.69) is 22.4 Å². The predicted molar refractivity (Wildman–Crippen MR) is 133 cm³/mol.